The molecular weight excluding hydrogens is 240 g/mol. The van der Waals surface area contributed by atoms with Gasteiger partial charge in [-0.05, 0) is 18.6 Å². The Morgan fingerprint density at radius 2 is 1.94 bits per heavy atom. The van der Waals surface area contributed by atoms with Crippen molar-refractivity contribution in [1.29, 1.82) is 0 Å². The molecule has 0 heterocycles. The van der Waals surface area contributed by atoms with E-state index in [1.165, 1.54) is 19.9 Å². The molecule has 0 fully saturated rings. The van der Waals surface area contributed by atoms with Crippen LogP contribution in [0.3, 0.4) is 0 Å². The summed E-state index contributed by atoms with van der Waals surface area (Å²) in [5.41, 5.74) is 0.223. The Kier molecular flexibility index (Phi) is 3.98. The van der Waals surface area contributed by atoms with Crippen LogP contribution in [0.15, 0.2) is 12.1 Å². The molecule has 0 aliphatic carbocycles. The average Bonchev–Trinajstić information content (AvgIpc) is 2.19. The lowest BCUT2D eigenvalue weighted by Crippen LogP contribution is -2.10. The van der Waals surface area contributed by atoms with Crippen molar-refractivity contribution in [3.63, 3.8) is 0 Å². The molecule has 1 aromatic carbocycles. The zero-order chi connectivity index (χ0) is 13.9. The van der Waals surface area contributed by atoms with Crippen LogP contribution in [-0.4, -0.2) is 16.8 Å². The van der Waals surface area contributed by atoms with Crippen LogP contribution in [0.25, 0.3) is 0 Å². The van der Waals surface area contributed by atoms with Gasteiger partial charge in [-0.3, -0.25) is 19.7 Å². The van der Waals surface area contributed by atoms with E-state index in [9.17, 15) is 19.7 Å². The van der Waals surface area contributed by atoms with Gasteiger partial charge in [0.1, 0.15) is 11.4 Å². The lowest BCUT2D eigenvalue weighted by Gasteiger charge is -2.09. The van der Waals surface area contributed by atoms with E-state index in [1.807, 2.05) is 0 Å². The van der Waals surface area contributed by atoms with E-state index >= 15 is 0 Å². The monoisotopic (exact) mass is 252 g/mol. The van der Waals surface area contributed by atoms with Crippen LogP contribution >= 0.6 is 0 Å². The van der Waals surface area contributed by atoms with Gasteiger partial charge in [-0.1, -0.05) is 0 Å². The number of nitrogens with zero attached hydrogens (tertiary/aromatic N) is 1. The summed E-state index contributed by atoms with van der Waals surface area (Å²) in [7, 11) is 0. The maximum absolute atomic E-state index is 11.0. The van der Waals surface area contributed by atoms with E-state index in [2.05, 4.69) is 5.32 Å². The summed E-state index contributed by atoms with van der Waals surface area (Å²) < 4.78 is 4.79. The lowest BCUT2D eigenvalue weighted by atomic mass is 10.1. The number of carbonyl (C=O) groups is 2. The SMILES string of the molecule is CC(=O)Nc1c(C)cc(OC(C)=O)cc1[N+](=O)[O-]. The first kappa shape index (κ1) is 13.6. The molecule has 0 aromatic heterocycles. The van der Waals surface area contributed by atoms with Crippen molar-refractivity contribution >= 4 is 23.3 Å². The van der Waals surface area contributed by atoms with Crippen LogP contribution in [0, 0.1) is 17.0 Å². The Morgan fingerprint density at radius 1 is 1.33 bits per heavy atom. The van der Waals surface area contributed by atoms with Gasteiger partial charge in [-0.2, -0.15) is 0 Å². The third kappa shape index (κ3) is 3.27. The third-order valence-corrected chi connectivity index (χ3v) is 2.05. The number of rotatable bonds is 3. The van der Waals surface area contributed by atoms with Crippen molar-refractivity contribution < 1.29 is 19.2 Å². The number of hydrogen-bond acceptors (Lipinski definition) is 5. The highest BCUT2D eigenvalue weighted by Gasteiger charge is 2.19. The van der Waals surface area contributed by atoms with Crippen LogP contribution < -0.4 is 10.1 Å². The van der Waals surface area contributed by atoms with Gasteiger partial charge in [0.15, 0.2) is 0 Å². The smallest absolute Gasteiger partial charge is 0.308 e. The van der Waals surface area contributed by atoms with Crippen molar-refractivity contribution in [3.05, 3.63) is 27.8 Å². The molecule has 0 atom stereocenters. The Morgan fingerprint density at radius 3 is 2.39 bits per heavy atom. The molecule has 0 aliphatic heterocycles. The maximum Gasteiger partial charge on any atom is 0.308 e. The molecule has 0 aliphatic rings. The van der Waals surface area contributed by atoms with Gasteiger partial charge in [0.05, 0.1) is 11.0 Å². The van der Waals surface area contributed by atoms with E-state index in [-0.39, 0.29) is 17.1 Å². The molecule has 7 heteroatoms. The molecule has 0 radical (unpaired) electrons. The molecule has 0 saturated carbocycles. The fourth-order valence-electron chi connectivity index (χ4n) is 1.44. The van der Waals surface area contributed by atoms with E-state index in [4.69, 9.17) is 4.74 Å². The molecule has 0 unspecified atom stereocenters. The molecule has 7 nitrogen and oxygen atoms in total. The standard InChI is InChI=1S/C11H12N2O5/c1-6-4-9(18-8(3)15)5-10(13(16)17)11(6)12-7(2)14/h4-5H,1-3H3,(H,12,14). The molecule has 0 bridgehead atoms. The summed E-state index contributed by atoms with van der Waals surface area (Å²) in [6.45, 7) is 4.03. The van der Waals surface area contributed by atoms with Crippen molar-refractivity contribution in [1.82, 2.24) is 0 Å². The molecule has 96 valence electrons. The zero-order valence-electron chi connectivity index (χ0n) is 10.1. The quantitative estimate of drug-likeness (QED) is 0.382. The highest BCUT2D eigenvalue weighted by molar-refractivity contribution is 5.92. The number of nitro groups is 1. The number of esters is 1. The van der Waals surface area contributed by atoms with Crippen LogP contribution in [0.1, 0.15) is 19.4 Å². The minimum atomic E-state index is -0.648. The maximum atomic E-state index is 11.0. The number of amides is 1. The normalized spacial score (nSPS) is 9.72. The number of ether oxygens (including phenoxy) is 1. The van der Waals surface area contributed by atoms with E-state index in [1.54, 1.807) is 6.92 Å². The lowest BCUT2D eigenvalue weighted by molar-refractivity contribution is -0.384. The Bertz CT molecular complexity index is 524. The summed E-state index contributed by atoms with van der Waals surface area (Å²) in [6, 6.07) is 2.54. The van der Waals surface area contributed by atoms with E-state index < -0.39 is 16.8 Å². The first-order valence-corrected chi connectivity index (χ1v) is 5.06. The number of aryl methyl sites for hydroxylation is 1. The highest BCUT2D eigenvalue weighted by Crippen LogP contribution is 2.33. The summed E-state index contributed by atoms with van der Waals surface area (Å²) in [6.07, 6.45) is 0. The fraction of sp³-hybridized carbons (Fsp3) is 0.273. The Balaban J connectivity index is 3.30. The van der Waals surface area contributed by atoms with Gasteiger partial charge < -0.3 is 10.1 Å². The number of hydrogen-bond donors (Lipinski definition) is 1. The summed E-state index contributed by atoms with van der Waals surface area (Å²) >= 11 is 0. The summed E-state index contributed by atoms with van der Waals surface area (Å²) in [5, 5.41) is 13.3. The van der Waals surface area contributed by atoms with Crippen LogP contribution in [0.2, 0.25) is 0 Å². The Labute approximate surface area is 103 Å². The van der Waals surface area contributed by atoms with Gasteiger partial charge in [0.25, 0.3) is 5.69 Å². The predicted molar refractivity (Wildman–Crippen MR) is 63.4 cm³/mol. The first-order valence-electron chi connectivity index (χ1n) is 5.06. The van der Waals surface area contributed by atoms with Crippen molar-refractivity contribution in [2.24, 2.45) is 0 Å². The third-order valence-electron chi connectivity index (χ3n) is 2.05. The van der Waals surface area contributed by atoms with Gasteiger partial charge >= 0.3 is 5.97 Å². The van der Waals surface area contributed by atoms with Gasteiger partial charge in [-0.15, -0.1) is 0 Å². The highest BCUT2D eigenvalue weighted by atomic mass is 16.6. The zero-order valence-corrected chi connectivity index (χ0v) is 10.1. The minimum absolute atomic E-state index is 0.0702. The van der Waals surface area contributed by atoms with Crippen molar-refractivity contribution in [2.75, 3.05) is 5.32 Å². The largest absolute Gasteiger partial charge is 0.426 e. The summed E-state index contributed by atoms with van der Waals surface area (Å²) in [4.78, 5) is 32.1. The number of nitrogens with one attached hydrogen (secondary N) is 1. The first-order chi connectivity index (χ1) is 8.31. The van der Waals surface area contributed by atoms with Gasteiger partial charge in [-0.25, -0.2) is 0 Å². The van der Waals surface area contributed by atoms with Crippen LogP contribution in [0.4, 0.5) is 11.4 Å². The van der Waals surface area contributed by atoms with Crippen LogP contribution in [0.5, 0.6) is 5.75 Å². The Hall–Kier alpha value is -2.44. The molecule has 0 saturated heterocycles. The second-order valence-electron chi connectivity index (χ2n) is 3.67. The molecule has 0 spiro atoms. The molecule has 1 N–H and O–H groups in total. The number of nitro benzene ring substituents is 1. The molecule has 1 amide bonds. The molecule has 18 heavy (non-hydrogen) atoms. The van der Waals surface area contributed by atoms with E-state index in [0.717, 1.165) is 6.07 Å². The number of carbonyl (C=O) groups excluding carboxylic acids is 2. The second-order valence-corrected chi connectivity index (χ2v) is 3.67. The molecule has 1 aromatic rings. The van der Waals surface area contributed by atoms with Gasteiger partial charge in [0, 0.05) is 13.8 Å². The summed E-state index contributed by atoms with van der Waals surface area (Å²) in [5.74, 6) is -0.918. The topological polar surface area (TPSA) is 98.5 Å². The van der Waals surface area contributed by atoms with Crippen LogP contribution in [-0.2, 0) is 9.59 Å². The number of anilines is 1. The molecule has 1 rings (SSSR count). The van der Waals surface area contributed by atoms with Crippen molar-refractivity contribution in [3.8, 4) is 5.75 Å². The van der Waals surface area contributed by atoms with Crippen molar-refractivity contribution in [2.45, 2.75) is 20.8 Å². The van der Waals surface area contributed by atoms with Gasteiger partial charge in [0.2, 0.25) is 5.91 Å². The predicted octanol–water partition coefficient (Wildman–Crippen LogP) is 1.79. The fourth-order valence-corrected chi connectivity index (χ4v) is 1.44. The minimum Gasteiger partial charge on any atom is -0.426 e. The van der Waals surface area contributed by atoms with E-state index in [0.29, 0.717) is 5.56 Å². The number of benzene rings is 1. The average molecular weight is 252 g/mol. The second kappa shape index (κ2) is 5.26. The molecular formula is C11H12N2O5.